The van der Waals surface area contributed by atoms with Crippen LogP contribution in [0.25, 0.3) is 0 Å². The highest BCUT2D eigenvalue weighted by atomic mass is 35.5. The van der Waals surface area contributed by atoms with Gasteiger partial charge >= 0.3 is 12.1 Å². The van der Waals surface area contributed by atoms with Crippen LogP contribution in [-0.4, -0.2) is 49.1 Å². The van der Waals surface area contributed by atoms with Gasteiger partial charge in [0.15, 0.2) is 5.60 Å². The number of esters is 1. The van der Waals surface area contributed by atoms with Gasteiger partial charge in [-0.1, -0.05) is 30.7 Å². The highest BCUT2D eigenvalue weighted by Crippen LogP contribution is 2.21. The van der Waals surface area contributed by atoms with Crippen molar-refractivity contribution in [2.24, 2.45) is 5.73 Å². The zero-order valence-corrected chi connectivity index (χ0v) is 21.7. The van der Waals surface area contributed by atoms with Crippen molar-refractivity contribution in [1.82, 2.24) is 5.32 Å². The van der Waals surface area contributed by atoms with Gasteiger partial charge in [-0.25, -0.2) is 9.59 Å². The summed E-state index contributed by atoms with van der Waals surface area (Å²) in [5.41, 5.74) is 5.65. The maximum atomic E-state index is 12.6. The molecule has 9 nitrogen and oxygen atoms in total. The molecule has 36 heavy (non-hydrogen) atoms. The molecule has 3 N–H and O–H groups in total. The fourth-order valence-electron chi connectivity index (χ4n) is 3.00. The molecular formula is C26H33ClN2O7. The Hall–Kier alpha value is -3.30. The lowest BCUT2D eigenvalue weighted by Gasteiger charge is -2.26. The van der Waals surface area contributed by atoms with E-state index in [4.69, 9.17) is 36.3 Å². The first-order chi connectivity index (χ1) is 17.0. The quantitative estimate of drug-likeness (QED) is 0.314. The van der Waals surface area contributed by atoms with Gasteiger partial charge < -0.3 is 30.0 Å². The first kappa shape index (κ1) is 28.9. The van der Waals surface area contributed by atoms with Gasteiger partial charge in [0.1, 0.15) is 11.9 Å². The lowest BCUT2D eigenvalue weighted by atomic mass is 10.1. The molecule has 2 unspecified atom stereocenters. The summed E-state index contributed by atoms with van der Waals surface area (Å²) in [4.78, 5) is 36.5. The van der Waals surface area contributed by atoms with Crippen LogP contribution >= 0.6 is 11.6 Å². The summed E-state index contributed by atoms with van der Waals surface area (Å²) in [7, 11) is 0. The SMILES string of the molecule is CCC(CN)OC(=O)OC(C)OC(=O)C(C)(C)Oc1ccc(CCNC(=O)c2ccc(Cl)cc2)cc1. The van der Waals surface area contributed by atoms with E-state index in [1.54, 1.807) is 50.2 Å². The van der Waals surface area contributed by atoms with E-state index in [0.29, 0.717) is 35.7 Å². The van der Waals surface area contributed by atoms with E-state index < -0.39 is 30.1 Å². The molecule has 0 aliphatic rings. The molecule has 196 valence electrons. The first-order valence-corrected chi connectivity index (χ1v) is 12.0. The van der Waals surface area contributed by atoms with Crippen molar-refractivity contribution in [1.29, 1.82) is 0 Å². The van der Waals surface area contributed by atoms with E-state index in [0.717, 1.165) is 5.56 Å². The van der Waals surface area contributed by atoms with Gasteiger partial charge in [-0.3, -0.25) is 4.79 Å². The van der Waals surface area contributed by atoms with Gasteiger partial charge in [-0.15, -0.1) is 0 Å². The van der Waals surface area contributed by atoms with E-state index in [1.807, 2.05) is 19.1 Å². The van der Waals surface area contributed by atoms with Crippen molar-refractivity contribution >= 4 is 29.6 Å². The van der Waals surface area contributed by atoms with Crippen LogP contribution < -0.4 is 15.8 Å². The third-order valence-corrected chi connectivity index (χ3v) is 5.36. The summed E-state index contributed by atoms with van der Waals surface area (Å²) in [5, 5.41) is 3.43. The molecule has 10 heteroatoms. The Labute approximate surface area is 216 Å². The zero-order valence-electron chi connectivity index (χ0n) is 20.9. The number of ether oxygens (including phenoxy) is 4. The van der Waals surface area contributed by atoms with Crippen LogP contribution in [0.1, 0.15) is 50.0 Å². The number of carbonyl (C=O) groups is 3. The second-order valence-electron chi connectivity index (χ2n) is 8.49. The topological polar surface area (TPSA) is 126 Å². The summed E-state index contributed by atoms with van der Waals surface area (Å²) < 4.78 is 21.0. The zero-order chi connectivity index (χ0) is 26.7. The maximum absolute atomic E-state index is 12.6. The van der Waals surface area contributed by atoms with Crippen molar-refractivity contribution in [2.45, 2.75) is 58.5 Å². The van der Waals surface area contributed by atoms with Crippen LogP contribution in [0.15, 0.2) is 48.5 Å². The summed E-state index contributed by atoms with van der Waals surface area (Å²) in [5.74, 6) is -0.446. The van der Waals surface area contributed by atoms with Crippen LogP contribution in [0.4, 0.5) is 4.79 Å². The summed E-state index contributed by atoms with van der Waals surface area (Å²) in [6.07, 6.45) is -1.46. The number of nitrogens with two attached hydrogens (primary N) is 1. The van der Waals surface area contributed by atoms with Crippen LogP contribution in [0.2, 0.25) is 5.02 Å². The number of hydrogen-bond donors (Lipinski definition) is 2. The van der Waals surface area contributed by atoms with Crippen molar-refractivity contribution in [2.75, 3.05) is 13.1 Å². The predicted molar refractivity (Wildman–Crippen MR) is 135 cm³/mol. The van der Waals surface area contributed by atoms with Crippen LogP contribution in [0.3, 0.4) is 0 Å². The highest BCUT2D eigenvalue weighted by Gasteiger charge is 2.34. The molecule has 0 saturated carbocycles. The standard InChI is InChI=1S/C26H33ClN2O7/c1-5-21(16-28)35-25(32)34-17(2)33-24(31)26(3,4)36-22-12-6-18(7-13-22)14-15-29-23(30)19-8-10-20(27)11-9-19/h6-13,17,21H,5,14-16,28H2,1-4H3,(H,29,30). The number of hydrogen-bond acceptors (Lipinski definition) is 8. The number of benzene rings is 2. The summed E-state index contributed by atoms with van der Waals surface area (Å²) >= 11 is 5.84. The molecule has 2 rings (SSSR count). The molecule has 0 aromatic heterocycles. The predicted octanol–water partition coefficient (Wildman–Crippen LogP) is 4.25. The van der Waals surface area contributed by atoms with Gasteiger partial charge in [0.05, 0.1) is 0 Å². The van der Waals surface area contributed by atoms with E-state index in [2.05, 4.69) is 5.32 Å². The first-order valence-electron chi connectivity index (χ1n) is 11.6. The second kappa shape index (κ2) is 13.7. The summed E-state index contributed by atoms with van der Waals surface area (Å²) in [6, 6.07) is 13.8. The monoisotopic (exact) mass is 520 g/mol. The van der Waals surface area contributed by atoms with E-state index in [-0.39, 0.29) is 12.5 Å². The molecule has 1 amide bonds. The smallest absolute Gasteiger partial charge is 0.476 e. The molecule has 0 heterocycles. The molecule has 0 saturated heterocycles. The molecule has 0 radical (unpaired) electrons. The fraction of sp³-hybridized carbons (Fsp3) is 0.423. The van der Waals surface area contributed by atoms with Crippen molar-refractivity contribution < 1.29 is 33.3 Å². The average Bonchev–Trinajstić information content (AvgIpc) is 2.83. The maximum Gasteiger partial charge on any atom is 0.511 e. The molecule has 2 aromatic carbocycles. The number of amides is 1. The van der Waals surface area contributed by atoms with Crippen molar-refractivity contribution in [3.05, 3.63) is 64.7 Å². The molecule has 0 bridgehead atoms. The molecule has 0 aliphatic heterocycles. The van der Waals surface area contributed by atoms with Gasteiger partial charge in [-0.2, -0.15) is 0 Å². The highest BCUT2D eigenvalue weighted by molar-refractivity contribution is 6.30. The largest absolute Gasteiger partial charge is 0.511 e. The second-order valence-corrected chi connectivity index (χ2v) is 8.93. The van der Waals surface area contributed by atoms with Crippen molar-refractivity contribution in [3.63, 3.8) is 0 Å². The molecule has 2 aromatic rings. The van der Waals surface area contributed by atoms with Gasteiger partial charge in [0.2, 0.25) is 6.29 Å². The normalized spacial score (nSPS) is 12.7. The van der Waals surface area contributed by atoms with Gasteiger partial charge in [-0.05, 0) is 68.7 Å². The number of rotatable bonds is 12. The minimum atomic E-state index is -1.35. The third kappa shape index (κ3) is 9.39. The number of carbonyl (C=O) groups excluding carboxylic acids is 3. The molecule has 2 atom stereocenters. The molecule has 0 aliphatic carbocycles. The Balaban J connectivity index is 1.80. The fourth-order valence-corrected chi connectivity index (χ4v) is 3.12. The van der Waals surface area contributed by atoms with E-state index in [9.17, 15) is 14.4 Å². The molecule has 0 fully saturated rings. The summed E-state index contributed by atoms with van der Waals surface area (Å²) in [6.45, 7) is 6.92. The van der Waals surface area contributed by atoms with Crippen LogP contribution in [0, 0.1) is 0 Å². The lowest BCUT2D eigenvalue weighted by Crippen LogP contribution is -2.42. The van der Waals surface area contributed by atoms with Gasteiger partial charge in [0.25, 0.3) is 5.91 Å². The Morgan fingerprint density at radius 2 is 1.64 bits per heavy atom. The average molecular weight is 521 g/mol. The van der Waals surface area contributed by atoms with Crippen molar-refractivity contribution in [3.8, 4) is 5.75 Å². The number of halogens is 1. The van der Waals surface area contributed by atoms with E-state index in [1.165, 1.54) is 6.92 Å². The lowest BCUT2D eigenvalue weighted by molar-refractivity contribution is -0.183. The van der Waals surface area contributed by atoms with Crippen LogP contribution in [-0.2, 0) is 25.4 Å². The minimum Gasteiger partial charge on any atom is -0.476 e. The van der Waals surface area contributed by atoms with Gasteiger partial charge in [0, 0.05) is 30.6 Å². The van der Waals surface area contributed by atoms with E-state index >= 15 is 0 Å². The Morgan fingerprint density at radius 1 is 1.00 bits per heavy atom. The Kier molecular flexibility index (Phi) is 11.0. The number of nitrogens with one attached hydrogen (secondary N) is 1. The Morgan fingerprint density at radius 3 is 2.22 bits per heavy atom. The minimum absolute atomic E-state index is 0.164. The molecular weight excluding hydrogens is 488 g/mol. The Bertz CT molecular complexity index is 1010. The third-order valence-electron chi connectivity index (χ3n) is 5.11. The molecule has 0 spiro atoms. The van der Waals surface area contributed by atoms with Crippen LogP contribution in [0.5, 0.6) is 5.75 Å².